The van der Waals surface area contributed by atoms with E-state index in [0.717, 1.165) is 10.8 Å². The number of nitrogens with one attached hydrogen (secondary N) is 1. The van der Waals surface area contributed by atoms with Crippen LogP contribution in [0.5, 0.6) is 5.75 Å². The Kier molecular flexibility index (Phi) is 4.64. The third kappa shape index (κ3) is 3.33. The minimum absolute atomic E-state index is 0.0246. The molecule has 5 aromatic rings. The van der Waals surface area contributed by atoms with E-state index in [1.165, 1.54) is 17.0 Å². The molecule has 0 spiro atoms. The van der Waals surface area contributed by atoms with E-state index in [4.69, 9.17) is 0 Å². The topological polar surface area (TPSA) is 107 Å². The number of phenolic OH excluding ortho intramolecular Hbond substituents is 1. The molecule has 1 aliphatic heterocycles. The highest BCUT2D eigenvalue weighted by molar-refractivity contribution is 6.51. The van der Waals surface area contributed by atoms with Crippen molar-refractivity contribution in [2.24, 2.45) is 0 Å². The van der Waals surface area contributed by atoms with Crippen LogP contribution in [0.15, 0.2) is 96.6 Å². The summed E-state index contributed by atoms with van der Waals surface area (Å²) >= 11 is 0. The minimum Gasteiger partial charge on any atom is -0.508 e. The Morgan fingerprint density at radius 3 is 2.43 bits per heavy atom. The molecule has 7 heteroatoms. The van der Waals surface area contributed by atoms with E-state index in [9.17, 15) is 19.8 Å². The maximum atomic E-state index is 13.3. The Bertz CT molecular complexity index is 1650. The molecule has 1 fully saturated rings. The molecule has 170 valence electrons. The Morgan fingerprint density at radius 2 is 1.63 bits per heavy atom. The van der Waals surface area contributed by atoms with Gasteiger partial charge in [0.2, 0.25) is 5.95 Å². The first-order valence-corrected chi connectivity index (χ1v) is 11.0. The van der Waals surface area contributed by atoms with Crippen molar-refractivity contribution in [3.05, 3.63) is 108 Å². The first kappa shape index (κ1) is 20.7. The van der Waals surface area contributed by atoms with E-state index < -0.39 is 17.7 Å². The molecule has 6 rings (SSSR count). The van der Waals surface area contributed by atoms with Gasteiger partial charge in [0.1, 0.15) is 11.5 Å². The lowest BCUT2D eigenvalue weighted by Gasteiger charge is -2.23. The van der Waals surface area contributed by atoms with Gasteiger partial charge in [-0.2, -0.15) is 0 Å². The number of para-hydroxylation sites is 2. The molecular weight excluding hydrogens is 442 g/mol. The Hall–Kier alpha value is -4.91. The molecule has 0 radical (unpaired) electrons. The molecule has 1 unspecified atom stereocenters. The van der Waals surface area contributed by atoms with Crippen LogP contribution in [0.3, 0.4) is 0 Å². The lowest BCUT2D eigenvalue weighted by atomic mass is 9.94. The van der Waals surface area contributed by atoms with Gasteiger partial charge in [0, 0.05) is 5.56 Å². The number of aromatic nitrogens is 2. The molecule has 1 aromatic heterocycles. The number of aliphatic hydroxyl groups excluding tert-OH is 1. The summed E-state index contributed by atoms with van der Waals surface area (Å²) in [5, 5.41) is 23.4. The zero-order chi connectivity index (χ0) is 24.1. The van der Waals surface area contributed by atoms with Gasteiger partial charge in [0.05, 0.1) is 22.6 Å². The van der Waals surface area contributed by atoms with Crippen LogP contribution in [-0.4, -0.2) is 31.9 Å². The molecule has 1 saturated heterocycles. The highest BCUT2D eigenvalue weighted by atomic mass is 16.3. The monoisotopic (exact) mass is 461 g/mol. The first-order valence-electron chi connectivity index (χ1n) is 11.0. The van der Waals surface area contributed by atoms with Crippen molar-refractivity contribution in [3.8, 4) is 5.75 Å². The van der Waals surface area contributed by atoms with E-state index in [-0.39, 0.29) is 23.0 Å². The molecule has 35 heavy (non-hydrogen) atoms. The first-order chi connectivity index (χ1) is 17.0. The normalized spacial score (nSPS) is 17.5. The van der Waals surface area contributed by atoms with Gasteiger partial charge in [-0.25, -0.2) is 4.98 Å². The number of H-pyrrole nitrogens is 1. The minimum atomic E-state index is -0.992. The van der Waals surface area contributed by atoms with Crippen molar-refractivity contribution in [3.63, 3.8) is 0 Å². The number of aromatic amines is 1. The molecule has 7 nitrogen and oxygen atoms in total. The summed E-state index contributed by atoms with van der Waals surface area (Å²) in [6.45, 7) is 0. The van der Waals surface area contributed by atoms with Crippen molar-refractivity contribution >= 4 is 45.2 Å². The number of hydrogen-bond acceptors (Lipinski definition) is 5. The van der Waals surface area contributed by atoms with Crippen molar-refractivity contribution in [1.29, 1.82) is 0 Å². The van der Waals surface area contributed by atoms with E-state index in [0.29, 0.717) is 22.2 Å². The number of anilines is 1. The fraction of sp³-hybridized carbons (Fsp3) is 0.0357. The summed E-state index contributed by atoms with van der Waals surface area (Å²) in [7, 11) is 0. The smallest absolute Gasteiger partial charge is 0.302 e. The van der Waals surface area contributed by atoms with Gasteiger partial charge in [-0.3, -0.25) is 14.5 Å². The summed E-state index contributed by atoms with van der Waals surface area (Å²) in [5.41, 5.74) is 2.14. The summed E-state index contributed by atoms with van der Waals surface area (Å²) in [6.07, 6.45) is 0. The van der Waals surface area contributed by atoms with Crippen molar-refractivity contribution in [2.75, 3.05) is 4.90 Å². The molecule has 1 aliphatic rings. The summed E-state index contributed by atoms with van der Waals surface area (Å²) in [5.74, 6) is -1.78. The van der Waals surface area contributed by atoms with Crippen molar-refractivity contribution in [2.45, 2.75) is 6.04 Å². The maximum Gasteiger partial charge on any atom is 0.302 e. The second kappa shape index (κ2) is 7.85. The second-order valence-corrected chi connectivity index (χ2v) is 8.40. The van der Waals surface area contributed by atoms with Crippen molar-refractivity contribution in [1.82, 2.24) is 9.97 Å². The van der Waals surface area contributed by atoms with Crippen molar-refractivity contribution < 1.29 is 19.8 Å². The summed E-state index contributed by atoms with van der Waals surface area (Å²) in [4.78, 5) is 35.5. The number of carbonyl (C=O) groups excluding carboxylic acids is 2. The van der Waals surface area contributed by atoms with Crippen LogP contribution in [0, 0.1) is 0 Å². The van der Waals surface area contributed by atoms with Gasteiger partial charge in [0.15, 0.2) is 0 Å². The predicted octanol–water partition coefficient (Wildman–Crippen LogP) is 5.05. The Balaban J connectivity index is 1.58. The van der Waals surface area contributed by atoms with Gasteiger partial charge in [-0.15, -0.1) is 0 Å². The average Bonchev–Trinajstić information content (AvgIpc) is 3.41. The van der Waals surface area contributed by atoms with E-state index in [1.807, 2.05) is 48.5 Å². The number of ketones is 1. The van der Waals surface area contributed by atoms with Crippen LogP contribution in [0.1, 0.15) is 17.2 Å². The van der Waals surface area contributed by atoms with Crippen LogP contribution in [0.25, 0.3) is 27.6 Å². The Labute approximate surface area is 199 Å². The predicted molar refractivity (Wildman–Crippen MR) is 133 cm³/mol. The number of carbonyl (C=O) groups is 2. The molecule has 4 aromatic carbocycles. The van der Waals surface area contributed by atoms with Gasteiger partial charge in [-0.05, 0) is 46.7 Å². The zero-order valence-electron chi connectivity index (χ0n) is 18.3. The molecule has 0 aliphatic carbocycles. The number of Topliss-reactive ketones (excluding diaryl/α,β-unsaturated/α-hetero) is 1. The number of amides is 1. The fourth-order valence-corrected chi connectivity index (χ4v) is 4.61. The quantitative estimate of drug-likeness (QED) is 0.198. The Morgan fingerprint density at radius 1 is 0.857 bits per heavy atom. The van der Waals surface area contributed by atoms with Crippen LogP contribution in [0.4, 0.5) is 5.95 Å². The summed E-state index contributed by atoms with van der Waals surface area (Å²) in [6, 6.07) is 25.6. The summed E-state index contributed by atoms with van der Waals surface area (Å²) < 4.78 is 0. The fourth-order valence-electron chi connectivity index (χ4n) is 4.61. The van der Waals surface area contributed by atoms with Crippen LogP contribution in [0.2, 0.25) is 0 Å². The van der Waals surface area contributed by atoms with E-state index in [1.54, 1.807) is 30.3 Å². The average molecular weight is 461 g/mol. The number of hydrogen-bond donors (Lipinski definition) is 3. The zero-order valence-corrected chi connectivity index (χ0v) is 18.3. The molecule has 2 heterocycles. The number of fused-ring (bicyclic) bond motifs is 2. The van der Waals surface area contributed by atoms with Gasteiger partial charge in [0.25, 0.3) is 5.78 Å². The van der Waals surface area contributed by atoms with Gasteiger partial charge in [-0.1, -0.05) is 60.7 Å². The molecule has 3 N–H and O–H groups in total. The number of benzene rings is 4. The van der Waals surface area contributed by atoms with Crippen LogP contribution < -0.4 is 4.90 Å². The van der Waals surface area contributed by atoms with Crippen LogP contribution >= 0.6 is 0 Å². The second-order valence-electron chi connectivity index (χ2n) is 8.40. The van der Waals surface area contributed by atoms with E-state index in [2.05, 4.69) is 9.97 Å². The number of nitrogens with zero attached hydrogens (tertiary/aromatic N) is 2. The maximum absolute atomic E-state index is 13.3. The number of rotatable bonds is 3. The largest absolute Gasteiger partial charge is 0.508 e. The standard InChI is InChI=1S/C28H19N3O4/c32-20-9-5-8-18(15-20)24-23(25(33)19-13-12-16-6-1-2-7-17(16)14-19)26(34)27(35)31(24)28-29-21-10-3-4-11-22(21)30-28/h1-15,24,32-33H,(H,29,30)/b25-23+. The number of imidazole rings is 1. The van der Waals surface area contributed by atoms with Gasteiger partial charge < -0.3 is 15.2 Å². The molecule has 1 atom stereocenters. The number of aliphatic hydroxyl groups is 1. The molecule has 0 saturated carbocycles. The third-order valence-electron chi connectivity index (χ3n) is 6.26. The molecular formula is C28H19N3O4. The highest BCUT2D eigenvalue weighted by Gasteiger charge is 2.48. The molecule has 0 bridgehead atoms. The van der Waals surface area contributed by atoms with E-state index >= 15 is 0 Å². The number of phenols is 1. The number of aromatic hydroxyl groups is 1. The molecule has 1 amide bonds. The lowest BCUT2D eigenvalue weighted by molar-refractivity contribution is -0.132. The van der Waals surface area contributed by atoms with Crippen LogP contribution in [-0.2, 0) is 9.59 Å². The third-order valence-corrected chi connectivity index (χ3v) is 6.26. The van der Waals surface area contributed by atoms with Gasteiger partial charge >= 0.3 is 5.91 Å². The SMILES string of the molecule is O=C1C(=O)N(c2nc3ccccc3[nH]2)C(c2cccc(O)c2)/C1=C(\O)c1ccc2ccccc2c1. The highest BCUT2D eigenvalue weighted by Crippen LogP contribution is 2.42. The lowest BCUT2D eigenvalue weighted by Crippen LogP contribution is -2.30.